The summed E-state index contributed by atoms with van der Waals surface area (Å²) in [7, 11) is 0. The van der Waals surface area contributed by atoms with Crippen molar-refractivity contribution in [3.05, 3.63) is 17.7 Å². The van der Waals surface area contributed by atoms with Gasteiger partial charge in [-0.1, -0.05) is 6.92 Å². The fourth-order valence-electron chi connectivity index (χ4n) is 2.80. The standard InChI is InChI=1S/C16H23NO3/c1-2-7-17-10-12-8-15-16(19-11-18-15)9-14(12)20-13-5-3-4-6-13/h8-9,13,17H,2-7,10-11H2,1H3. The van der Waals surface area contributed by atoms with Crippen LogP contribution >= 0.6 is 0 Å². The second-order valence-corrected chi connectivity index (χ2v) is 5.51. The molecule has 1 aliphatic heterocycles. The molecule has 1 aliphatic carbocycles. The minimum absolute atomic E-state index is 0.310. The average Bonchev–Trinajstić information content (AvgIpc) is 3.10. The van der Waals surface area contributed by atoms with E-state index >= 15 is 0 Å². The maximum atomic E-state index is 6.19. The van der Waals surface area contributed by atoms with E-state index in [-0.39, 0.29) is 0 Å². The Hall–Kier alpha value is -1.42. The quantitative estimate of drug-likeness (QED) is 0.810. The van der Waals surface area contributed by atoms with Gasteiger partial charge >= 0.3 is 0 Å². The van der Waals surface area contributed by atoms with Crippen molar-refractivity contribution in [3.8, 4) is 17.2 Å². The molecule has 4 heteroatoms. The van der Waals surface area contributed by atoms with Gasteiger partial charge in [-0.25, -0.2) is 0 Å². The van der Waals surface area contributed by atoms with E-state index in [1.165, 1.54) is 12.8 Å². The summed E-state index contributed by atoms with van der Waals surface area (Å²) < 4.78 is 17.1. The van der Waals surface area contributed by atoms with Crippen molar-refractivity contribution in [3.63, 3.8) is 0 Å². The molecule has 0 unspecified atom stereocenters. The molecule has 0 bridgehead atoms. The Morgan fingerprint density at radius 3 is 2.70 bits per heavy atom. The highest BCUT2D eigenvalue weighted by Crippen LogP contribution is 2.39. The maximum Gasteiger partial charge on any atom is 0.231 e. The van der Waals surface area contributed by atoms with Crippen LogP contribution in [0.4, 0.5) is 0 Å². The number of hydrogen-bond donors (Lipinski definition) is 1. The van der Waals surface area contributed by atoms with Crippen LogP contribution in [0.15, 0.2) is 12.1 Å². The van der Waals surface area contributed by atoms with E-state index in [2.05, 4.69) is 18.3 Å². The summed E-state index contributed by atoms with van der Waals surface area (Å²) in [5, 5.41) is 3.43. The zero-order valence-corrected chi connectivity index (χ0v) is 12.1. The molecule has 0 aromatic heterocycles. The third kappa shape index (κ3) is 3.01. The van der Waals surface area contributed by atoms with Crippen molar-refractivity contribution >= 4 is 0 Å². The van der Waals surface area contributed by atoms with Gasteiger partial charge in [0.25, 0.3) is 0 Å². The number of rotatable bonds is 6. The molecule has 1 aromatic rings. The van der Waals surface area contributed by atoms with E-state index in [9.17, 15) is 0 Å². The summed E-state index contributed by atoms with van der Waals surface area (Å²) >= 11 is 0. The Balaban J connectivity index is 1.77. The fourth-order valence-corrected chi connectivity index (χ4v) is 2.80. The van der Waals surface area contributed by atoms with Gasteiger partial charge in [0.2, 0.25) is 6.79 Å². The molecule has 110 valence electrons. The fraction of sp³-hybridized carbons (Fsp3) is 0.625. The normalized spacial score (nSPS) is 17.6. The van der Waals surface area contributed by atoms with E-state index in [0.29, 0.717) is 12.9 Å². The van der Waals surface area contributed by atoms with Crippen LogP contribution in [0.1, 0.15) is 44.6 Å². The van der Waals surface area contributed by atoms with Crippen LogP contribution in [-0.2, 0) is 6.54 Å². The molecular weight excluding hydrogens is 254 g/mol. The van der Waals surface area contributed by atoms with Crippen molar-refractivity contribution in [1.82, 2.24) is 5.32 Å². The molecular formula is C16H23NO3. The highest BCUT2D eigenvalue weighted by atomic mass is 16.7. The third-order valence-electron chi connectivity index (χ3n) is 3.89. The minimum Gasteiger partial charge on any atom is -0.490 e. The molecule has 1 aromatic carbocycles. The zero-order valence-electron chi connectivity index (χ0n) is 12.1. The lowest BCUT2D eigenvalue weighted by Gasteiger charge is -2.17. The summed E-state index contributed by atoms with van der Waals surface area (Å²) in [6, 6.07) is 4.04. The van der Waals surface area contributed by atoms with Crippen molar-refractivity contribution in [2.24, 2.45) is 0 Å². The van der Waals surface area contributed by atoms with Gasteiger partial charge in [0.15, 0.2) is 11.5 Å². The molecule has 1 fully saturated rings. The average molecular weight is 277 g/mol. The van der Waals surface area contributed by atoms with E-state index < -0.39 is 0 Å². The number of benzene rings is 1. The molecule has 0 amide bonds. The van der Waals surface area contributed by atoms with E-state index in [0.717, 1.165) is 55.2 Å². The van der Waals surface area contributed by atoms with Crippen LogP contribution in [0.25, 0.3) is 0 Å². The summed E-state index contributed by atoms with van der Waals surface area (Å²) in [5.41, 5.74) is 1.16. The lowest BCUT2D eigenvalue weighted by molar-refractivity contribution is 0.173. The molecule has 0 atom stereocenters. The van der Waals surface area contributed by atoms with Gasteiger partial charge in [-0.2, -0.15) is 0 Å². The largest absolute Gasteiger partial charge is 0.490 e. The molecule has 1 saturated carbocycles. The van der Waals surface area contributed by atoms with Crippen molar-refractivity contribution in [2.75, 3.05) is 13.3 Å². The molecule has 3 rings (SSSR count). The van der Waals surface area contributed by atoms with Gasteiger partial charge in [0, 0.05) is 18.2 Å². The van der Waals surface area contributed by atoms with Gasteiger partial charge in [-0.15, -0.1) is 0 Å². The molecule has 4 nitrogen and oxygen atoms in total. The smallest absolute Gasteiger partial charge is 0.231 e. The third-order valence-corrected chi connectivity index (χ3v) is 3.89. The van der Waals surface area contributed by atoms with Crippen LogP contribution in [0.3, 0.4) is 0 Å². The molecule has 20 heavy (non-hydrogen) atoms. The minimum atomic E-state index is 0.310. The summed E-state index contributed by atoms with van der Waals surface area (Å²) in [6.07, 6.45) is 6.37. The molecule has 0 spiro atoms. The first kappa shape index (κ1) is 13.6. The Morgan fingerprint density at radius 1 is 1.20 bits per heavy atom. The van der Waals surface area contributed by atoms with E-state index in [1.54, 1.807) is 0 Å². The highest BCUT2D eigenvalue weighted by Gasteiger charge is 2.22. The van der Waals surface area contributed by atoms with Crippen molar-refractivity contribution in [2.45, 2.75) is 51.7 Å². The van der Waals surface area contributed by atoms with E-state index in [4.69, 9.17) is 14.2 Å². The zero-order chi connectivity index (χ0) is 13.8. The molecule has 0 saturated heterocycles. The highest BCUT2D eigenvalue weighted by molar-refractivity contribution is 5.51. The van der Waals surface area contributed by atoms with Gasteiger partial charge in [0.05, 0.1) is 6.10 Å². The SMILES string of the molecule is CCCNCc1cc2c(cc1OC1CCCC1)OCO2. The summed E-state index contributed by atoms with van der Waals surface area (Å²) in [6.45, 7) is 4.30. The molecule has 2 aliphatic rings. The number of fused-ring (bicyclic) bond motifs is 1. The first-order valence-corrected chi connectivity index (χ1v) is 7.66. The topological polar surface area (TPSA) is 39.7 Å². The predicted octanol–water partition coefficient (Wildman–Crippen LogP) is 3.24. The van der Waals surface area contributed by atoms with Gasteiger partial charge in [-0.3, -0.25) is 0 Å². The van der Waals surface area contributed by atoms with Gasteiger partial charge in [0.1, 0.15) is 5.75 Å². The Kier molecular flexibility index (Phi) is 4.31. The lowest BCUT2D eigenvalue weighted by atomic mass is 10.1. The predicted molar refractivity (Wildman–Crippen MR) is 77.4 cm³/mol. The number of nitrogens with one attached hydrogen (secondary N) is 1. The van der Waals surface area contributed by atoms with Crippen molar-refractivity contribution in [1.29, 1.82) is 0 Å². The molecule has 1 N–H and O–H groups in total. The van der Waals surface area contributed by atoms with Crippen LogP contribution in [0.2, 0.25) is 0 Å². The van der Waals surface area contributed by atoms with Crippen molar-refractivity contribution < 1.29 is 14.2 Å². The summed E-state index contributed by atoms with van der Waals surface area (Å²) in [5.74, 6) is 2.58. The Morgan fingerprint density at radius 2 is 1.95 bits per heavy atom. The summed E-state index contributed by atoms with van der Waals surface area (Å²) in [4.78, 5) is 0. The maximum absolute atomic E-state index is 6.19. The molecule has 1 heterocycles. The van der Waals surface area contributed by atoms with Crippen LogP contribution in [-0.4, -0.2) is 19.4 Å². The first-order valence-electron chi connectivity index (χ1n) is 7.66. The second kappa shape index (κ2) is 6.35. The van der Waals surface area contributed by atoms with Crippen LogP contribution < -0.4 is 19.5 Å². The van der Waals surface area contributed by atoms with Crippen LogP contribution in [0, 0.1) is 0 Å². The molecule has 0 radical (unpaired) electrons. The first-order chi connectivity index (χ1) is 9.86. The second-order valence-electron chi connectivity index (χ2n) is 5.51. The van der Waals surface area contributed by atoms with E-state index in [1.807, 2.05) is 6.07 Å². The van der Waals surface area contributed by atoms with Gasteiger partial charge < -0.3 is 19.5 Å². The number of ether oxygens (including phenoxy) is 3. The monoisotopic (exact) mass is 277 g/mol. The Bertz CT molecular complexity index is 455. The number of hydrogen-bond acceptors (Lipinski definition) is 4. The van der Waals surface area contributed by atoms with Gasteiger partial charge in [-0.05, 0) is 44.7 Å². The Labute approximate surface area is 120 Å². The van der Waals surface area contributed by atoms with Crippen LogP contribution in [0.5, 0.6) is 17.2 Å². The lowest BCUT2D eigenvalue weighted by Crippen LogP contribution is -2.17.